The molecule has 1 heterocycles. The summed E-state index contributed by atoms with van der Waals surface area (Å²) in [5.74, 6) is -0.316. The number of carbonyl (C=O) groups is 1. The highest BCUT2D eigenvalue weighted by atomic mass is 16.6. The lowest BCUT2D eigenvalue weighted by atomic mass is 10.1. The van der Waals surface area contributed by atoms with E-state index in [4.69, 9.17) is 0 Å². The van der Waals surface area contributed by atoms with Crippen molar-refractivity contribution in [3.8, 4) is 0 Å². The van der Waals surface area contributed by atoms with Gasteiger partial charge in [0, 0.05) is 17.8 Å². The number of nitrogens with one attached hydrogen (secondary N) is 2. The minimum absolute atomic E-state index is 0.0743. The predicted octanol–water partition coefficient (Wildman–Crippen LogP) is 4.58. The summed E-state index contributed by atoms with van der Waals surface area (Å²) < 4.78 is 0. The molecular weight excluding hydrogens is 380 g/mol. The molecule has 0 bridgehead atoms. The summed E-state index contributed by atoms with van der Waals surface area (Å²) in [6.45, 7) is 1.88. The van der Waals surface area contributed by atoms with Crippen LogP contribution in [-0.4, -0.2) is 15.8 Å². The Bertz CT molecular complexity index is 1080. The van der Waals surface area contributed by atoms with Crippen LogP contribution in [0.4, 0.5) is 11.4 Å². The molecule has 1 amide bonds. The molecule has 0 spiro atoms. The molecule has 3 aromatic rings. The molecular formula is C23H22N4O3. The second kappa shape index (κ2) is 8.32. The van der Waals surface area contributed by atoms with Crippen molar-refractivity contribution >= 4 is 17.3 Å². The van der Waals surface area contributed by atoms with Gasteiger partial charge >= 0.3 is 0 Å². The Hall–Kier alpha value is -3.74. The van der Waals surface area contributed by atoms with E-state index in [9.17, 15) is 14.9 Å². The van der Waals surface area contributed by atoms with Crippen LogP contribution in [0.1, 0.15) is 52.6 Å². The first-order chi connectivity index (χ1) is 14.5. The van der Waals surface area contributed by atoms with Crippen molar-refractivity contribution in [3.05, 3.63) is 99.4 Å². The molecule has 1 aliphatic rings. The Morgan fingerprint density at radius 3 is 2.73 bits per heavy atom. The van der Waals surface area contributed by atoms with Crippen LogP contribution in [0.3, 0.4) is 0 Å². The number of hydrogen-bond acceptors (Lipinski definition) is 5. The van der Waals surface area contributed by atoms with Crippen molar-refractivity contribution in [1.82, 2.24) is 10.3 Å². The van der Waals surface area contributed by atoms with Gasteiger partial charge in [-0.1, -0.05) is 30.3 Å². The van der Waals surface area contributed by atoms with Gasteiger partial charge in [-0.25, -0.2) is 0 Å². The van der Waals surface area contributed by atoms with Gasteiger partial charge in [-0.05, 0) is 55.2 Å². The minimum Gasteiger partial charge on any atom is -0.371 e. The maximum Gasteiger partial charge on any atom is 0.293 e. The van der Waals surface area contributed by atoms with Gasteiger partial charge in [-0.15, -0.1) is 0 Å². The number of benzene rings is 2. The number of aryl methyl sites for hydroxylation is 1. The van der Waals surface area contributed by atoms with Crippen LogP contribution in [0.5, 0.6) is 0 Å². The average molecular weight is 402 g/mol. The van der Waals surface area contributed by atoms with Gasteiger partial charge in [0.2, 0.25) is 0 Å². The number of rotatable bonds is 6. The van der Waals surface area contributed by atoms with Crippen LogP contribution in [0, 0.1) is 10.1 Å². The van der Waals surface area contributed by atoms with E-state index in [0.29, 0.717) is 5.69 Å². The molecule has 4 rings (SSSR count). The standard InChI is InChI=1S/C23H22N4O3/c1-15(19-8-4-5-13-24-19)25-21-12-10-17(14-22(21)27(29)30)23(28)26-20-11-9-16-6-2-3-7-18(16)20/h2-8,10,12-15,20,25H,9,11H2,1H3,(H,26,28). The highest BCUT2D eigenvalue weighted by Gasteiger charge is 2.25. The third-order valence-electron chi connectivity index (χ3n) is 5.40. The quantitative estimate of drug-likeness (QED) is 0.465. The smallest absolute Gasteiger partial charge is 0.293 e. The normalized spacial score (nSPS) is 15.8. The van der Waals surface area contributed by atoms with Crippen LogP contribution < -0.4 is 10.6 Å². The van der Waals surface area contributed by atoms with Gasteiger partial charge in [0.05, 0.1) is 22.7 Å². The third-order valence-corrected chi connectivity index (χ3v) is 5.40. The molecule has 0 aliphatic heterocycles. The monoisotopic (exact) mass is 402 g/mol. The Morgan fingerprint density at radius 1 is 1.17 bits per heavy atom. The molecule has 7 nitrogen and oxygen atoms in total. The molecule has 0 radical (unpaired) electrons. The fourth-order valence-corrected chi connectivity index (χ4v) is 3.83. The van der Waals surface area contributed by atoms with Gasteiger partial charge < -0.3 is 10.6 Å². The fraction of sp³-hybridized carbons (Fsp3) is 0.217. The van der Waals surface area contributed by atoms with Gasteiger partial charge in [-0.2, -0.15) is 0 Å². The molecule has 152 valence electrons. The Labute approximate surface area is 174 Å². The Kier molecular flexibility index (Phi) is 5.43. The minimum atomic E-state index is -0.477. The van der Waals surface area contributed by atoms with Crippen molar-refractivity contribution in [2.45, 2.75) is 31.8 Å². The van der Waals surface area contributed by atoms with Crippen molar-refractivity contribution in [2.24, 2.45) is 0 Å². The van der Waals surface area contributed by atoms with Crippen molar-refractivity contribution in [3.63, 3.8) is 0 Å². The van der Waals surface area contributed by atoms with E-state index in [1.807, 2.05) is 43.3 Å². The van der Waals surface area contributed by atoms with Crippen LogP contribution >= 0.6 is 0 Å². The zero-order valence-corrected chi connectivity index (χ0v) is 16.5. The zero-order chi connectivity index (χ0) is 21.1. The van der Waals surface area contributed by atoms with Crippen molar-refractivity contribution < 1.29 is 9.72 Å². The molecule has 2 aromatic carbocycles. The number of amides is 1. The first kappa shape index (κ1) is 19.6. The molecule has 7 heteroatoms. The molecule has 0 fully saturated rings. The summed E-state index contributed by atoms with van der Waals surface area (Å²) in [6, 6.07) is 17.8. The largest absolute Gasteiger partial charge is 0.371 e. The van der Waals surface area contributed by atoms with Crippen LogP contribution in [-0.2, 0) is 6.42 Å². The SMILES string of the molecule is CC(Nc1ccc(C(=O)NC2CCc3ccccc32)cc1[N+](=O)[O-])c1ccccn1. The topological polar surface area (TPSA) is 97.2 Å². The maximum atomic E-state index is 12.8. The van der Waals surface area contributed by atoms with Crippen LogP contribution in [0.25, 0.3) is 0 Å². The summed E-state index contributed by atoms with van der Waals surface area (Å²) in [4.78, 5) is 28.2. The van der Waals surface area contributed by atoms with E-state index >= 15 is 0 Å². The molecule has 2 unspecified atom stereocenters. The van der Waals surface area contributed by atoms with E-state index < -0.39 is 4.92 Å². The number of nitro groups is 1. The molecule has 0 saturated carbocycles. The summed E-state index contributed by atoms with van der Waals surface area (Å²) >= 11 is 0. The summed E-state index contributed by atoms with van der Waals surface area (Å²) in [6.07, 6.45) is 3.42. The van der Waals surface area contributed by atoms with Gasteiger partial charge in [0.15, 0.2) is 0 Å². The van der Waals surface area contributed by atoms with Gasteiger partial charge in [-0.3, -0.25) is 19.9 Å². The first-order valence-corrected chi connectivity index (χ1v) is 9.87. The predicted molar refractivity (Wildman–Crippen MR) is 114 cm³/mol. The van der Waals surface area contributed by atoms with E-state index in [-0.39, 0.29) is 29.2 Å². The molecule has 1 aromatic heterocycles. The van der Waals surface area contributed by atoms with Crippen LogP contribution in [0.15, 0.2) is 66.9 Å². The highest BCUT2D eigenvalue weighted by Crippen LogP contribution is 2.32. The van der Waals surface area contributed by atoms with Gasteiger partial charge in [0.1, 0.15) is 5.69 Å². The molecule has 2 N–H and O–H groups in total. The molecule has 1 aliphatic carbocycles. The fourth-order valence-electron chi connectivity index (χ4n) is 3.83. The number of anilines is 1. The first-order valence-electron chi connectivity index (χ1n) is 9.87. The summed E-state index contributed by atoms with van der Waals surface area (Å²) in [5.41, 5.74) is 3.59. The third kappa shape index (κ3) is 4.00. The van der Waals surface area contributed by atoms with Crippen molar-refractivity contribution in [2.75, 3.05) is 5.32 Å². The lowest BCUT2D eigenvalue weighted by Crippen LogP contribution is -2.27. The number of nitrogens with zero attached hydrogens (tertiary/aromatic N) is 2. The zero-order valence-electron chi connectivity index (χ0n) is 16.5. The van der Waals surface area contributed by atoms with E-state index in [1.165, 1.54) is 11.6 Å². The number of nitro benzene ring substituents is 1. The number of fused-ring (bicyclic) bond motifs is 1. The van der Waals surface area contributed by atoms with E-state index in [0.717, 1.165) is 24.1 Å². The van der Waals surface area contributed by atoms with Crippen molar-refractivity contribution in [1.29, 1.82) is 0 Å². The number of pyridine rings is 1. The maximum absolute atomic E-state index is 12.8. The number of hydrogen-bond donors (Lipinski definition) is 2. The second-order valence-corrected chi connectivity index (χ2v) is 7.37. The number of carbonyl (C=O) groups excluding carboxylic acids is 1. The van der Waals surface area contributed by atoms with E-state index in [1.54, 1.807) is 18.3 Å². The molecule has 0 saturated heterocycles. The molecule has 2 atom stereocenters. The summed E-state index contributed by atoms with van der Waals surface area (Å²) in [7, 11) is 0. The summed E-state index contributed by atoms with van der Waals surface area (Å²) in [5, 5.41) is 17.8. The Balaban J connectivity index is 1.53. The second-order valence-electron chi connectivity index (χ2n) is 7.37. The number of aromatic nitrogens is 1. The van der Waals surface area contributed by atoms with Crippen LogP contribution in [0.2, 0.25) is 0 Å². The van der Waals surface area contributed by atoms with Gasteiger partial charge in [0.25, 0.3) is 11.6 Å². The lowest BCUT2D eigenvalue weighted by Gasteiger charge is -2.16. The van der Waals surface area contributed by atoms with E-state index in [2.05, 4.69) is 21.7 Å². The average Bonchev–Trinajstić information content (AvgIpc) is 3.17. The lowest BCUT2D eigenvalue weighted by molar-refractivity contribution is -0.384. The Morgan fingerprint density at radius 2 is 1.97 bits per heavy atom. The highest BCUT2D eigenvalue weighted by molar-refractivity contribution is 5.96. The molecule has 30 heavy (non-hydrogen) atoms.